The lowest BCUT2D eigenvalue weighted by atomic mass is 10.2. The van der Waals surface area contributed by atoms with E-state index >= 15 is 0 Å². The predicted molar refractivity (Wildman–Crippen MR) is 118 cm³/mol. The van der Waals surface area contributed by atoms with Crippen LogP contribution in [-0.4, -0.2) is 70.0 Å². The Kier molecular flexibility index (Phi) is 14.7. The smallest absolute Gasteiger partial charge is 0.306 e. The molecule has 0 spiro atoms. The van der Waals surface area contributed by atoms with Gasteiger partial charge in [-0.15, -0.1) is 0 Å². The number of unbranched alkanes of at least 4 members (excludes halogenated alkanes) is 2. The number of esters is 2. The summed E-state index contributed by atoms with van der Waals surface area (Å²) in [6.07, 6.45) is 3.21. The summed E-state index contributed by atoms with van der Waals surface area (Å²) < 4.78 is 22.6. The third kappa shape index (κ3) is 16.7. The van der Waals surface area contributed by atoms with Crippen LogP contribution in [0.2, 0.25) is 0 Å². The molecule has 10 heteroatoms. The van der Waals surface area contributed by atoms with E-state index in [1.165, 1.54) is 0 Å². The molecule has 0 heterocycles. The van der Waals surface area contributed by atoms with Gasteiger partial charge >= 0.3 is 11.9 Å². The number of carbonyl (C=O) groups is 2. The number of carbonyl (C=O) groups excluding carboxylic acids is 2. The van der Waals surface area contributed by atoms with Crippen molar-refractivity contribution < 1.29 is 32.6 Å². The topological polar surface area (TPSA) is 71.1 Å². The van der Waals surface area contributed by atoms with Gasteiger partial charge in [-0.2, -0.15) is 0 Å². The van der Waals surface area contributed by atoms with Gasteiger partial charge in [0.2, 0.25) is 5.69 Å². The summed E-state index contributed by atoms with van der Waals surface area (Å²) in [4.78, 5) is 23.7. The van der Waals surface area contributed by atoms with Crippen molar-refractivity contribution in [1.82, 2.24) is 0 Å². The molecule has 0 amide bonds. The standard InChI is InChI=1S/C18H36NO6PS2/c1-6-8-10-17(20)22-14-16(25-18(21)11-9-7-2)15-24-26(27,28)23-13-12-19(3,4)5/h16H,6-15H2,1-5H3/p+1/t16-/m1/s1. The van der Waals surface area contributed by atoms with Gasteiger partial charge in [-0.3, -0.25) is 9.59 Å². The molecule has 0 N–H and O–H groups in total. The zero-order valence-corrected chi connectivity index (χ0v) is 20.5. The largest absolute Gasteiger partial charge is 0.462 e. The Morgan fingerprint density at radius 2 is 1.57 bits per heavy atom. The summed E-state index contributed by atoms with van der Waals surface area (Å²) >= 11 is 9.62. The van der Waals surface area contributed by atoms with Crippen molar-refractivity contribution in [3.63, 3.8) is 0 Å². The van der Waals surface area contributed by atoms with Gasteiger partial charge in [-0.05, 0) is 24.6 Å². The highest BCUT2D eigenvalue weighted by atomic mass is 32.9. The van der Waals surface area contributed by atoms with E-state index in [9.17, 15) is 9.59 Å². The minimum absolute atomic E-state index is 0.0237. The van der Waals surface area contributed by atoms with Crippen molar-refractivity contribution in [2.24, 2.45) is 0 Å². The summed E-state index contributed by atoms with van der Waals surface area (Å²) in [5.74, 6) is -0.667. The maximum Gasteiger partial charge on any atom is 0.306 e. The molecule has 1 unspecified atom stereocenters. The first-order valence-electron chi connectivity index (χ1n) is 9.76. The average molecular weight is 459 g/mol. The van der Waals surface area contributed by atoms with Gasteiger partial charge in [0.1, 0.15) is 19.8 Å². The van der Waals surface area contributed by atoms with Crippen LogP contribution in [0.4, 0.5) is 0 Å². The molecule has 28 heavy (non-hydrogen) atoms. The first-order chi connectivity index (χ1) is 13.0. The van der Waals surface area contributed by atoms with Crippen molar-refractivity contribution in [3.8, 4) is 0 Å². The van der Waals surface area contributed by atoms with Crippen LogP contribution in [0, 0.1) is 0 Å². The van der Waals surface area contributed by atoms with Crippen LogP contribution < -0.4 is 0 Å². The Labute approximate surface area is 180 Å². The van der Waals surface area contributed by atoms with Gasteiger partial charge in [-0.25, -0.2) is 0 Å². The van der Waals surface area contributed by atoms with E-state index in [1.54, 1.807) is 0 Å². The highest BCUT2D eigenvalue weighted by Crippen LogP contribution is 2.53. The number of rotatable bonds is 16. The molecule has 0 radical (unpaired) electrons. The van der Waals surface area contributed by atoms with Gasteiger partial charge in [0.25, 0.3) is 0 Å². The molecule has 0 aromatic carbocycles. The van der Waals surface area contributed by atoms with E-state index < -0.39 is 11.8 Å². The van der Waals surface area contributed by atoms with E-state index in [4.69, 9.17) is 30.3 Å². The van der Waals surface area contributed by atoms with Gasteiger partial charge in [-0.1, -0.05) is 38.9 Å². The van der Waals surface area contributed by atoms with Gasteiger partial charge in [0.15, 0.2) is 6.10 Å². The molecule has 0 aliphatic heterocycles. The fourth-order valence-corrected chi connectivity index (χ4v) is 3.50. The van der Waals surface area contributed by atoms with Gasteiger partial charge in [0, 0.05) is 12.8 Å². The van der Waals surface area contributed by atoms with E-state index in [-0.39, 0.29) is 25.2 Å². The molecule has 166 valence electrons. The molecule has 0 rings (SSSR count). The van der Waals surface area contributed by atoms with Gasteiger partial charge < -0.3 is 23.0 Å². The average Bonchev–Trinajstić information content (AvgIpc) is 2.59. The van der Waals surface area contributed by atoms with Crippen LogP contribution in [0.25, 0.3) is 0 Å². The SMILES string of the molecule is CCCCC(=O)OC[C@H](COP(=S)(S)OCC[N+](C)(C)C)OC(=O)CCCC. The van der Waals surface area contributed by atoms with Crippen LogP contribution in [0.15, 0.2) is 0 Å². The fraction of sp³-hybridized carbons (Fsp3) is 0.889. The third-order valence-electron chi connectivity index (χ3n) is 3.64. The summed E-state index contributed by atoms with van der Waals surface area (Å²) in [7, 11) is 6.14. The highest BCUT2D eigenvalue weighted by Gasteiger charge is 2.22. The fourth-order valence-electron chi connectivity index (χ4n) is 1.91. The number of likely N-dealkylation sites (N-methyl/N-ethyl adjacent to an activating group) is 1. The molecule has 0 aliphatic carbocycles. The lowest BCUT2D eigenvalue weighted by Gasteiger charge is -2.26. The Hall–Kier alpha value is -0.180. The van der Waals surface area contributed by atoms with Crippen LogP contribution >= 0.6 is 17.9 Å². The van der Waals surface area contributed by atoms with Gasteiger partial charge in [0.05, 0.1) is 27.7 Å². The molecule has 0 saturated carbocycles. The minimum atomic E-state index is -2.78. The van der Waals surface area contributed by atoms with Crippen molar-refractivity contribution in [3.05, 3.63) is 0 Å². The van der Waals surface area contributed by atoms with Crippen molar-refractivity contribution in [2.75, 3.05) is 47.5 Å². The Morgan fingerprint density at radius 1 is 1.00 bits per heavy atom. The number of quaternary nitrogens is 1. The lowest BCUT2D eigenvalue weighted by molar-refractivity contribution is -0.870. The third-order valence-corrected chi connectivity index (χ3v) is 5.95. The normalized spacial score (nSPS) is 14.9. The monoisotopic (exact) mass is 458 g/mol. The second-order valence-corrected chi connectivity index (χ2v) is 12.9. The summed E-state index contributed by atoms with van der Waals surface area (Å²) in [6, 6.07) is 0. The van der Waals surface area contributed by atoms with E-state index in [0.29, 0.717) is 19.4 Å². The molecular weight excluding hydrogens is 421 g/mol. The number of nitrogens with zero attached hydrogens (tertiary/aromatic N) is 1. The Morgan fingerprint density at radius 3 is 2.11 bits per heavy atom. The van der Waals surface area contributed by atoms with E-state index in [0.717, 1.165) is 36.7 Å². The lowest BCUT2D eigenvalue weighted by Crippen LogP contribution is -2.37. The zero-order valence-electron chi connectivity index (χ0n) is 17.8. The molecule has 0 saturated heterocycles. The minimum Gasteiger partial charge on any atom is -0.462 e. The second-order valence-electron chi connectivity index (χ2n) is 7.61. The summed E-state index contributed by atoms with van der Waals surface area (Å²) in [5.41, 5.74) is -2.78. The maximum atomic E-state index is 11.9. The summed E-state index contributed by atoms with van der Waals surface area (Å²) in [6.45, 7) is 5.07. The zero-order chi connectivity index (χ0) is 21.6. The molecular formula is C18H37NO6PS2+. The molecule has 0 aromatic heterocycles. The maximum absolute atomic E-state index is 11.9. The first kappa shape index (κ1) is 27.8. The molecule has 0 aliphatic rings. The molecule has 0 bridgehead atoms. The number of ether oxygens (including phenoxy) is 2. The van der Waals surface area contributed by atoms with Crippen LogP contribution in [0.1, 0.15) is 52.4 Å². The quantitative estimate of drug-likeness (QED) is 0.164. The second kappa shape index (κ2) is 14.7. The molecule has 7 nitrogen and oxygen atoms in total. The van der Waals surface area contributed by atoms with E-state index in [2.05, 4.69) is 12.2 Å². The number of hydrogen-bond donors (Lipinski definition) is 1. The number of thiol groups is 1. The van der Waals surface area contributed by atoms with Crippen molar-refractivity contribution >= 4 is 41.7 Å². The van der Waals surface area contributed by atoms with E-state index in [1.807, 2.05) is 35.0 Å². The van der Waals surface area contributed by atoms with Crippen LogP contribution in [0.3, 0.4) is 0 Å². The molecule has 0 aromatic rings. The first-order valence-corrected chi connectivity index (χ1v) is 13.6. The Balaban J connectivity index is 4.60. The van der Waals surface area contributed by atoms with Crippen molar-refractivity contribution in [2.45, 2.75) is 58.5 Å². The number of hydrogen-bond acceptors (Lipinski definition) is 7. The van der Waals surface area contributed by atoms with Crippen LogP contribution in [0.5, 0.6) is 0 Å². The van der Waals surface area contributed by atoms with Crippen LogP contribution in [-0.2, 0) is 39.9 Å². The van der Waals surface area contributed by atoms with Crippen molar-refractivity contribution in [1.29, 1.82) is 0 Å². The predicted octanol–water partition coefficient (Wildman–Crippen LogP) is 3.72. The summed E-state index contributed by atoms with van der Waals surface area (Å²) in [5, 5.41) is 0. The Bertz CT molecular complexity index is 513. The molecule has 2 atom stereocenters. The molecule has 0 fully saturated rings. The highest BCUT2D eigenvalue weighted by molar-refractivity contribution is 8.60.